The number of likely N-dealkylation sites (N-methyl/N-ethyl adjacent to an activating group) is 1. The van der Waals surface area contributed by atoms with E-state index in [0.29, 0.717) is 6.54 Å². The number of hydrogen-bond acceptors (Lipinski definition) is 4. The molecule has 25 heavy (non-hydrogen) atoms. The van der Waals surface area contributed by atoms with Gasteiger partial charge in [-0.3, -0.25) is 9.69 Å². The first-order valence-corrected chi connectivity index (χ1v) is 8.75. The quantitative estimate of drug-likeness (QED) is 0.669. The number of amides is 1. The molecular weight excluding hydrogens is 354 g/mol. The molecule has 0 bridgehead atoms. The first kappa shape index (κ1) is 19.4. The van der Waals surface area contributed by atoms with Crippen molar-refractivity contribution in [2.75, 3.05) is 32.1 Å². The summed E-state index contributed by atoms with van der Waals surface area (Å²) in [7, 11) is 4.02. The number of fused-ring (bicyclic) bond motifs is 1. The average molecular weight is 376 g/mol. The number of anilines is 1. The number of thiazole rings is 1. The van der Waals surface area contributed by atoms with E-state index in [-0.39, 0.29) is 18.3 Å². The second kappa shape index (κ2) is 8.43. The fourth-order valence-corrected chi connectivity index (χ4v) is 3.51. The molecule has 0 fully saturated rings. The van der Waals surface area contributed by atoms with Gasteiger partial charge in [-0.25, -0.2) is 4.98 Å². The Morgan fingerprint density at radius 1 is 1.04 bits per heavy atom. The topological polar surface area (TPSA) is 36.4 Å². The van der Waals surface area contributed by atoms with Crippen LogP contribution in [0.4, 0.5) is 5.13 Å². The van der Waals surface area contributed by atoms with Gasteiger partial charge in [-0.1, -0.05) is 41.7 Å². The van der Waals surface area contributed by atoms with Gasteiger partial charge in [-0.2, -0.15) is 0 Å². The summed E-state index contributed by atoms with van der Waals surface area (Å²) in [6, 6.07) is 15.7. The summed E-state index contributed by atoms with van der Waals surface area (Å²) in [5.41, 5.74) is 2.65. The molecule has 0 saturated heterocycles. The van der Waals surface area contributed by atoms with Crippen molar-refractivity contribution in [1.82, 2.24) is 9.88 Å². The number of para-hydroxylation sites is 1. The van der Waals surface area contributed by atoms with Crippen molar-refractivity contribution in [2.24, 2.45) is 0 Å². The molecule has 0 radical (unpaired) electrons. The van der Waals surface area contributed by atoms with Crippen LogP contribution in [0.3, 0.4) is 0 Å². The van der Waals surface area contributed by atoms with Crippen LogP contribution in [-0.2, 0) is 0 Å². The van der Waals surface area contributed by atoms with Gasteiger partial charge in [0.1, 0.15) is 0 Å². The Balaban J connectivity index is 0.00000225. The minimum Gasteiger partial charge on any atom is -0.308 e. The van der Waals surface area contributed by atoms with E-state index >= 15 is 0 Å². The highest BCUT2D eigenvalue weighted by Crippen LogP contribution is 2.29. The first-order chi connectivity index (χ1) is 11.6. The third-order valence-corrected chi connectivity index (χ3v) is 4.96. The fourth-order valence-electron chi connectivity index (χ4n) is 2.52. The lowest BCUT2D eigenvalue weighted by atomic mass is 10.1. The summed E-state index contributed by atoms with van der Waals surface area (Å²) < 4.78 is 1.10. The molecule has 1 amide bonds. The maximum absolute atomic E-state index is 13.1. The summed E-state index contributed by atoms with van der Waals surface area (Å²) >= 11 is 1.56. The highest BCUT2D eigenvalue weighted by atomic mass is 35.5. The zero-order valence-corrected chi connectivity index (χ0v) is 16.2. The van der Waals surface area contributed by atoms with Gasteiger partial charge in [-0.15, -0.1) is 12.4 Å². The van der Waals surface area contributed by atoms with Gasteiger partial charge in [0.15, 0.2) is 5.13 Å². The van der Waals surface area contributed by atoms with E-state index in [4.69, 9.17) is 0 Å². The highest BCUT2D eigenvalue weighted by Gasteiger charge is 2.22. The van der Waals surface area contributed by atoms with E-state index in [0.717, 1.165) is 33.0 Å². The standard InChI is InChI=1S/C19H21N3OS.ClH/c1-14-8-4-5-9-15(14)18(23)22(13-12-21(2)3)19-20-16-10-6-7-11-17(16)24-19;/h4-11H,12-13H2,1-3H3;1H. The molecule has 0 spiro atoms. The number of nitrogens with zero attached hydrogens (tertiary/aromatic N) is 3. The van der Waals surface area contributed by atoms with Crippen molar-refractivity contribution in [1.29, 1.82) is 0 Å². The Bertz CT molecular complexity index is 830. The molecule has 2 aromatic carbocycles. The van der Waals surface area contributed by atoms with E-state index in [2.05, 4.69) is 9.88 Å². The summed E-state index contributed by atoms with van der Waals surface area (Å²) in [4.78, 5) is 21.7. The van der Waals surface area contributed by atoms with Crippen LogP contribution >= 0.6 is 23.7 Å². The van der Waals surface area contributed by atoms with Crippen molar-refractivity contribution >= 4 is 45.0 Å². The summed E-state index contributed by atoms with van der Waals surface area (Å²) in [6.45, 7) is 3.36. The number of rotatable bonds is 5. The van der Waals surface area contributed by atoms with Gasteiger partial charge in [0.05, 0.1) is 10.2 Å². The second-order valence-corrected chi connectivity index (χ2v) is 7.05. The number of aromatic nitrogens is 1. The van der Waals surface area contributed by atoms with Crippen LogP contribution in [0, 0.1) is 6.92 Å². The molecule has 0 atom stereocenters. The molecule has 4 nitrogen and oxygen atoms in total. The van der Waals surface area contributed by atoms with Crippen LogP contribution in [0.1, 0.15) is 15.9 Å². The Morgan fingerprint density at radius 2 is 1.72 bits per heavy atom. The normalized spacial score (nSPS) is 10.7. The van der Waals surface area contributed by atoms with Gasteiger partial charge in [0, 0.05) is 18.7 Å². The Hall–Kier alpha value is -1.95. The highest BCUT2D eigenvalue weighted by molar-refractivity contribution is 7.22. The summed E-state index contributed by atoms with van der Waals surface area (Å²) in [6.07, 6.45) is 0. The van der Waals surface area contributed by atoms with Gasteiger partial charge in [0.2, 0.25) is 0 Å². The van der Waals surface area contributed by atoms with Gasteiger partial charge < -0.3 is 4.90 Å². The Morgan fingerprint density at radius 3 is 2.40 bits per heavy atom. The second-order valence-electron chi connectivity index (χ2n) is 6.04. The molecule has 1 aromatic heterocycles. The van der Waals surface area contributed by atoms with Crippen LogP contribution < -0.4 is 4.90 Å². The fraction of sp³-hybridized carbons (Fsp3) is 0.263. The minimum absolute atomic E-state index is 0. The number of carbonyl (C=O) groups is 1. The first-order valence-electron chi connectivity index (χ1n) is 7.94. The molecular formula is C19H22ClN3OS. The molecule has 0 aliphatic rings. The Kier molecular flexibility index (Phi) is 6.53. The number of aryl methyl sites for hydroxylation is 1. The van der Waals surface area contributed by atoms with Crippen LogP contribution in [0.25, 0.3) is 10.2 Å². The molecule has 3 rings (SSSR count). The lowest BCUT2D eigenvalue weighted by Gasteiger charge is -2.22. The lowest BCUT2D eigenvalue weighted by Crippen LogP contribution is -2.37. The van der Waals surface area contributed by atoms with Crippen LogP contribution in [0.5, 0.6) is 0 Å². The SMILES string of the molecule is Cc1ccccc1C(=O)N(CCN(C)C)c1nc2ccccc2s1.Cl. The third kappa shape index (κ3) is 4.37. The number of hydrogen-bond donors (Lipinski definition) is 0. The summed E-state index contributed by atoms with van der Waals surface area (Å²) in [5, 5.41) is 0.756. The molecule has 0 aliphatic heterocycles. The predicted molar refractivity (Wildman–Crippen MR) is 108 cm³/mol. The van der Waals surface area contributed by atoms with Gasteiger partial charge in [0.25, 0.3) is 5.91 Å². The molecule has 0 unspecified atom stereocenters. The van der Waals surface area contributed by atoms with Crippen LogP contribution in [-0.4, -0.2) is 43.0 Å². The monoisotopic (exact) mass is 375 g/mol. The number of carbonyl (C=O) groups excluding carboxylic acids is 1. The molecule has 1 heterocycles. The maximum atomic E-state index is 13.1. The third-order valence-electron chi connectivity index (χ3n) is 3.90. The molecule has 0 saturated carbocycles. The van der Waals surface area contributed by atoms with Crippen LogP contribution in [0.2, 0.25) is 0 Å². The maximum Gasteiger partial charge on any atom is 0.260 e. The van der Waals surface area contributed by atoms with Gasteiger partial charge in [-0.05, 0) is 44.8 Å². The largest absolute Gasteiger partial charge is 0.308 e. The lowest BCUT2D eigenvalue weighted by molar-refractivity contribution is 0.0984. The smallest absolute Gasteiger partial charge is 0.260 e. The zero-order chi connectivity index (χ0) is 17.1. The van der Waals surface area contributed by atoms with Crippen molar-refractivity contribution in [2.45, 2.75) is 6.92 Å². The van der Waals surface area contributed by atoms with Crippen molar-refractivity contribution in [3.8, 4) is 0 Å². The van der Waals surface area contributed by atoms with Crippen molar-refractivity contribution < 1.29 is 4.79 Å². The van der Waals surface area contributed by atoms with E-state index in [1.807, 2.05) is 69.6 Å². The minimum atomic E-state index is 0. The van der Waals surface area contributed by atoms with E-state index in [1.165, 1.54) is 0 Å². The average Bonchev–Trinajstić information content (AvgIpc) is 2.98. The van der Waals surface area contributed by atoms with Crippen molar-refractivity contribution in [3.05, 3.63) is 59.7 Å². The molecule has 132 valence electrons. The van der Waals surface area contributed by atoms with Crippen molar-refractivity contribution in [3.63, 3.8) is 0 Å². The number of benzene rings is 2. The predicted octanol–water partition coefficient (Wildman–Crippen LogP) is 4.23. The summed E-state index contributed by atoms with van der Waals surface area (Å²) in [5.74, 6) is 0.00834. The number of halogens is 1. The molecule has 0 N–H and O–H groups in total. The molecule has 6 heteroatoms. The van der Waals surface area contributed by atoms with E-state index in [9.17, 15) is 4.79 Å². The van der Waals surface area contributed by atoms with Gasteiger partial charge >= 0.3 is 0 Å². The van der Waals surface area contributed by atoms with Crippen LogP contribution in [0.15, 0.2) is 48.5 Å². The Labute approximate surface area is 158 Å². The van der Waals surface area contributed by atoms with E-state index < -0.39 is 0 Å². The molecule has 0 aliphatic carbocycles. The van der Waals surface area contributed by atoms with E-state index in [1.54, 1.807) is 16.2 Å². The zero-order valence-electron chi connectivity index (χ0n) is 14.6. The molecule has 3 aromatic rings.